The number of halogens is 1. The van der Waals surface area contributed by atoms with E-state index in [0.717, 1.165) is 19.5 Å². The maximum Gasteiger partial charge on any atom is 0.243 e. The average Bonchev–Trinajstić information content (AvgIpc) is 2.15. The van der Waals surface area contributed by atoms with E-state index in [1.165, 1.54) is 12.5 Å². The van der Waals surface area contributed by atoms with Crippen LogP contribution in [0.15, 0.2) is 12.7 Å². The molecule has 78 valence electrons. The van der Waals surface area contributed by atoms with E-state index in [-0.39, 0.29) is 5.91 Å². The van der Waals surface area contributed by atoms with Crippen molar-refractivity contribution >= 4 is 17.5 Å². The first-order valence-corrected chi connectivity index (χ1v) is 4.85. The predicted molar refractivity (Wildman–Crippen MR) is 58.2 cm³/mol. The van der Waals surface area contributed by atoms with Gasteiger partial charge >= 0.3 is 0 Å². The van der Waals surface area contributed by atoms with Crippen molar-refractivity contribution in [2.24, 2.45) is 0 Å². The molecule has 3 nitrogen and oxygen atoms in total. The Kier molecular flexibility index (Phi) is 13.2. The topological polar surface area (TPSA) is 32.3 Å². The second kappa shape index (κ2) is 11.5. The van der Waals surface area contributed by atoms with Crippen molar-refractivity contribution in [2.75, 3.05) is 33.6 Å². The number of nitrogens with one attached hydrogen (secondary N) is 1. The van der Waals surface area contributed by atoms with E-state index in [4.69, 9.17) is 0 Å². The Morgan fingerprint density at radius 3 is 2.46 bits per heavy atom. The summed E-state index contributed by atoms with van der Waals surface area (Å²) in [6, 6.07) is 0. The summed E-state index contributed by atoms with van der Waals surface area (Å²) in [4.78, 5) is 12.7. The Hall–Kier alpha value is -0.540. The van der Waals surface area contributed by atoms with E-state index in [1.807, 2.05) is 14.1 Å². The van der Waals surface area contributed by atoms with Crippen LogP contribution in [0.4, 0.5) is 0 Å². The molecular formula is C9H19ClN2O. The SMILES string of the molecule is C=CC(=O)NCCCN(C)C.CCl. The molecule has 0 bridgehead atoms. The molecular weight excluding hydrogens is 188 g/mol. The Bertz CT molecular complexity index is 138. The number of hydrogen-bond acceptors (Lipinski definition) is 2. The summed E-state index contributed by atoms with van der Waals surface area (Å²) >= 11 is 4.64. The van der Waals surface area contributed by atoms with E-state index in [9.17, 15) is 4.79 Å². The van der Waals surface area contributed by atoms with Crippen LogP contribution in [0.2, 0.25) is 0 Å². The van der Waals surface area contributed by atoms with Gasteiger partial charge in [-0.15, -0.1) is 11.6 Å². The molecule has 0 aromatic heterocycles. The minimum absolute atomic E-state index is 0.0937. The van der Waals surface area contributed by atoms with Gasteiger partial charge in [0.25, 0.3) is 0 Å². The molecule has 0 unspecified atom stereocenters. The fourth-order valence-electron chi connectivity index (χ4n) is 0.679. The monoisotopic (exact) mass is 206 g/mol. The van der Waals surface area contributed by atoms with Gasteiger partial charge in [-0.3, -0.25) is 4.79 Å². The van der Waals surface area contributed by atoms with Gasteiger partial charge in [-0.1, -0.05) is 6.58 Å². The fourth-order valence-corrected chi connectivity index (χ4v) is 0.679. The molecule has 0 aliphatic carbocycles. The lowest BCUT2D eigenvalue weighted by Crippen LogP contribution is -2.25. The number of rotatable bonds is 5. The molecule has 0 saturated heterocycles. The smallest absolute Gasteiger partial charge is 0.243 e. The van der Waals surface area contributed by atoms with E-state index in [0.29, 0.717) is 0 Å². The van der Waals surface area contributed by atoms with Gasteiger partial charge in [-0.2, -0.15) is 0 Å². The van der Waals surface area contributed by atoms with Crippen LogP contribution in [0.1, 0.15) is 6.42 Å². The number of alkyl halides is 1. The average molecular weight is 207 g/mol. The number of nitrogens with zero attached hydrogens (tertiary/aromatic N) is 1. The van der Waals surface area contributed by atoms with Crippen LogP contribution in [0, 0.1) is 0 Å². The summed E-state index contributed by atoms with van der Waals surface area (Å²) in [5.74, 6) is -0.0937. The van der Waals surface area contributed by atoms with Gasteiger partial charge in [0.2, 0.25) is 5.91 Å². The minimum Gasteiger partial charge on any atom is -0.353 e. The van der Waals surface area contributed by atoms with Crippen molar-refractivity contribution < 1.29 is 4.79 Å². The molecule has 0 rings (SSSR count). The summed E-state index contributed by atoms with van der Waals surface area (Å²) in [7, 11) is 4.02. The van der Waals surface area contributed by atoms with Gasteiger partial charge in [0.05, 0.1) is 0 Å². The van der Waals surface area contributed by atoms with Crippen LogP contribution in [-0.2, 0) is 4.79 Å². The first kappa shape index (κ1) is 15.0. The Morgan fingerprint density at radius 1 is 1.54 bits per heavy atom. The van der Waals surface area contributed by atoms with E-state index in [2.05, 4.69) is 28.4 Å². The van der Waals surface area contributed by atoms with Crippen LogP contribution in [0.25, 0.3) is 0 Å². The van der Waals surface area contributed by atoms with Crippen molar-refractivity contribution in [1.29, 1.82) is 0 Å². The minimum atomic E-state index is -0.0937. The first-order valence-electron chi connectivity index (χ1n) is 4.09. The molecule has 0 spiro atoms. The third-order valence-corrected chi connectivity index (χ3v) is 1.27. The molecule has 0 fully saturated rings. The third-order valence-electron chi connectivity index (χ3n) is 1.27. The summed E-state index contributed by atoms with van der Waals surface area (Å²) in [6.45, 7) is 5.07. The summed E-state index contributed by atoms with van der Waals surface area (Å²) in [5.41, 5.74) is 0. The normalized spacial score (nSPS) is 8.69. The molecule has 13 heavy (non-hydrogen) atoms. The van der Waals surface area contributed by atoms with Crippen molar-refractivity contribution in [3.8, 4) is 0 Å². The molecule has 0 aliphatic rings. The lowest BCUT2D eigenvalue weighted by atomic mass is 10.4. The highest BCUT2D eigenvalue weighted by atomic mass is 35.5. The standard InChI is InChI=1S/C8H16N2O.CH3Cl/c1-4-8(11)9-6-5-7-10(2)3;1-2/h4H,1,5-7H2,2-3H3,(H,9,11);1H3. The van der Waals surface area contributed by atoms with Gasteiger partial charge in [0.1, 0.15) is 0 Å². The second-order valence-corrected chi connectivity index (χ2v) is 2.65. The first-order chi connectivity index (χ1) is 6.16. The maximum absolute atomic E-state index is 10.6. The molecule has 1 amide bonds. The van der Waals surface area contributed by atoms with Crippen LogP contribution in [0.3, 0.4) is 0 Å². The molecule has 4 heteroatoms. The van der Waals surface area contributed by atoms with Gasteiger partial charge in [0, 0.05) is 12.9 Å². The van der Waals surface area contributed by atoms with E-state index in [1.54, 1.807) is 0 Å². The van der Waals surface area contributed by atoms with Crippen LogP contribution in [0.5, 0.6) is 0 Å². The highest BCUT2D eigenvalue weighted by Crippen LogP contribution is 1.80. The van der Waals surface area contributed by atoms with Crippen molar-refractivity contribution in [1.82, 2.24) is 10.2 Å². The van der Waals surface area contributed by atoms with Crippen LogP contribution >= 0.6 is 11.6 Å². The number of hydrogen-bond donors (Lipinski definition) is 1. The van der Waals surface area contributed by atoms with E-state index < -0.39 is 0 Å². The Balaban J connectivity index is 0. The predicted octanol–water partition coefficient (Wildman–Crippen LogP) is 1.10. The van der Waals surface area contributed by atoms with Gasteiger partial charge in [-0.25, -0.2) is 0 Å². The summed E-state index contributed by atoms with van der Waals surface area (Å²) in [6.07, 6.45) is 3.74. The lowest BCUT2D eigenvalue weighted by Gasteiger charge is -2.08. The van der Waals surface area contributed by atoms with Gasteiger partial charge in [-0.05, 0) is 33.1 Å². The summed E-state index contributed by atoms with van der Waals surface area (Å²) < 4.78 is 0. The lowest BCUT2D eigenvalue weighted by molar-refractivity contribution is -0.116. The van der Waals surface area contributed by atoms with Gasteiger partial charge in [0.15, 0.2) is 0 Å². The molecule has 0 atom stereocenters. The fraction of sp³-hybridized carbons (Fsp3) is 0.667. The molecule has 0 aromatic carbocycles. The number of carbonyl (C=O) groups is 1. The highest BCUT2D eigenvalue weighted by Gasteiger charge is 1.92. The Morgan fingerprint density at radius 2 is 2.08 bits per heavy atom. The molecule has 0 radical (unpaired) electrons. The quantitative estimate of drug-likeness (QED) is 0.415. The zero-order valence-corrected chi connectivity index (χ0v) is 9.40. The second-order valence-electron chi connectivity index (χ2n) is 2.65. The van der Waals surface area contributed by atoms with Gasteiger partial charge < -0.3 is 10.2 Å². The third kappa shape index (κ3) is 14.3. The van der Waals surface area contributed by atoms with Crippen LogP contribution < -0.4 is 5.32 Å². The van der Waals surface area contributed by atoms with E-state index >= 15 is 0 Å². The largest absolute Gasteiger partial charge is 0.353 e. The van der Waals surface area contributed by atoms with Crippen molar-refractivity contribution in [3.63, 3.8) is 0 Å². The molecule has 0 aliphatic heterocycles. The molecule has 0 heterocycles. The number of amides is 1. The number of carbonyl (C=O) groups excluding carboxylic acids is 1. The van der Waals surface area contributed by atoms with Crippen LogP contribution in [-0.4, -0.2) is 44.4 Å². The zero-order chi connectivity index (χ0) is 10.7. The molecule has 0 saturated carbocycles. The molecule has 0 aromatic rings. The Labute approximate surface area is 85.7 Å². The molecule has 1 N–H and O–H groups in total. The summed E-state index contributed by atoms with van der Waals surface area (Å²) in [5, 5.41) is 2.70. The van der Waals surface area contributed by atoms with Crippen molar-refractivity contribution in [3.05, 3.63) is 12.7 Å². The highest BCUT2D eigenvalue weighted by molar-refractivity contribution is 6.15. The maximum atomic E-state index is 10.6. The van der Waals surface area contributed by atoms with Crippen molar-refractivity contribution in [2.45, 2.75) is 6.42 Å². The zero-order valence-electron chi connectivity index (χ0n) is 8.64.